The fourth-order valence-corrected chi connectivity index (χ4v) is 1.55. The summed E-state index contributed by atoms with van der Waals surface area (Å²) in [6.45, 7) is 3.63. The first kappa shape index (κ1) is 8.96. The van der Waals surface area contributed by atoms with Crippen LogP contribution >= 0.6 is 0 Å². The summed E-state index contributed by atoms with van der Waals surface area (Å²) in [6, 6.07) is 9.32. The molecule has 52 valence electrons. The van der Waals surface area contributed by atoms with Crippen LogP contribution in [0.25, 0.3) is 0 Å². The SMILES string of the molecule is [Li][C](=C)[S+]([O-])c1ccccc1. The Morgan fingerprint density at radius 2 is 1.91 bits per heavy atom. The van der Waals surface area contributed by atoms with Gasteiger partial charge in [-0.2, -0.15) is 0 Å². The minimum absolute atomic E-state index is 0.691. The molecule has 1 unspecified atom stereocenters. The summed E-state index contributed by atoms with van der Waals surface area (Å²) in [4.78, 5) is 0.819. The van der Waals surface area contributed by atoms with Crippen molar-refractivity contribution in [2.24, 2.45) is 0 Å². The van der Waals surface area contributed by atoms with Gasteiger partial charge in [0, 0.05) is 0 Å². The molecule has 0 saturated carbocycles. The van der Waals surface area contributed by atoms with Gasteiger partial charge in [-0.3, -0.25) is 0 Å². The van der Waals surface area contributed by atoms with Crippen molar-refractivity contribution in [3.05, 3.63) is 40.5 Å². The Bertz CT molecular complexity index is 248. The van der Waals surface area contributed by atoms with Gasteiger partial charge in [-0.15, -0.1) is 0 Å². The Morgan fingerprint density at radius 3 is 2.36 bits per heavy atom. The third-order valence-electron chi connectivity index (χ3n) is 1.27. The van der Waals surface area contributed by atoms with Crippen molar-refractivity contribution in [1.29, 1.82) is 0 Å². The molecule has 1 aromatic rings. The van der Waals surface area contributed by atoms with Crippen molar-refractivity contribution < 1.29 is 4.55 Å². The molecule has 0 aliphatic heterocycles. The average Bonchev–Trinajstić information content (AvgIpc) is 2.05. The van der Waals surface area contributed by atoms with Crippen molar-refractivity contribution in [3.8, 4) is 0 Å². The van der Waals surface area contributed by atoms with Gasteiger partial charge >= 0.3 is 78.8 Å². The normalized spacial score (nSPS) is 12.6. The third kappa shape index (κ3) is 2.43. The summed E-state index contributed by atoms with van der Waals surface area (Å²) >= 11 is 0.737. The molecule has 1 nitrogen and oxygen atoms in total. The van der Waals surface area contributed by atoms with Gasteiger partial charge in [-0.05, 0) is 0 Å². The standard InChI is InChI=1S/C8H7OS.Li/c1-2-10(9)8-6-4-3-5-7-8;/h3-7H,1H2;. The Hall–Kier alpha value is -0.133. The summed E-state index contributed by atoms with van der Waals surface area (Å²) in [7, 11) is 0. The van der Waals surface area contributed by atoms with Crippen LogP contribution in [0, 0.1) is 0 Å². The van der Waals surface area contributed by atoms with Gasteiger partial charge in [0.25, 0.3) is 0 Å². The van der Waals surface area contributed by atoms with Crippen LogP contribution in [0.3, 0.4) is 0 Å². The fourth-order valence-electron chi connectivity index (χ4n) is 0.745. The second-order valence-electron chi connectivity index (χ2n) is 2.28. The molecule has 0 amide bonds. The number of hydrogen-bond donors (Lipinski definition) is 0. The summed E-state index contributed by atoms with van der Waals surface area (Å²) in [5.41, 5.74) is 0. The van der Waals surface area contributed by atoms with E-state index in [0.717, 1.165) is 4.90 Å². The first-order chi connectivity index (χ1) is 5.22. The molecule has 0 aliphatic carbocycles. The van der Waals surface area contributed by atoms with Gasteiger partial charge in [-0.25, -0.2) is 0 Å². The van der Waals surface area contributed by atoms with Gasteiger partial charge in [0.1, 0.15) is 0 Å². The van der Waals surface area contributed by atoms with E-state index in [9.17, 15) is 4.55 Å². The zero-order valence-corrected chi connectivity index (χ0v) is 7.23. The van der Waals surface area contributed by atoms with E-state index in [0.29, 0.717) is 3.58 Å². The fraction of sp³-hybridized carbons (Fsp3) is 0. The molecule has 1 atom stereocenters. The Labute approximate surface area is 78.9 Å². The third-order valence-corrected chi connectivity index (χ3v) is 2.61. The van der Waals surface area contributed by atoms with E-state index in [1.165, 1.54) is 0 Å². The molecule has 0 radical (unpaired) electrons. The molecule has 0 spiro atoms. The zero-order valence-electron chi connectivity index (χ0n) is 6.41. The van der Waals surface area contributed by atoms with Gasteiger partial charge in [-0.1, -0.05) is 0 Å². The molecule has 0 saturated heterocycles. The second kappa shape index (κ2) is 4.03. The Kier molecular flexibility index (Phi) is 3.29. The molecule has 0 aliphatic rings. The van der Waals surface area contributed by atoms with E-state index in [1.54, 1.807) is 17.7 Å². The predicted molar refractivity (Wildman–Crippen MR) is 47.7 cm³/mol. The zero-order chi connectivity index (χ0) is 8.27. The van der Waals surface area contributed by atoms with Crippen molar-refractivity contribution >= 4 is 28.9 Å². The Balaban J connectivity index is 2.85. The number of rotatable bonds is 2. The van der Waals surface area contributed by atoms with Crippen LogP contribution in [0.15, 0.2) is 45.4 Å². The van der Waals surface area contributed by atoms with Gasteiger partial charge in [0.2, 0.25) is 0 Å². The molecular formula is C8H7LiOS. The van der Waals surface area contributed by atoms with Crippen LogP contribution in [-0.2, 0) is 11.2 Å². The van der Waals surface area contributed by atoms with Crippen molar-refractivity contribution in [2.75, 3.05) is 0 Å². The van der Waals surface area contributed by atoms with Crippen LogP contribution in [0.1, 0.15) is 0 Å². The van der Waals surface area contributed by atoms with E-state index in [2.05, 4.69) is 6.58 Å². The van der Waals surface area contributed by atoms with Gasteiger partial charge < -0.3 is 0 Å². The molecule has 0 bridgehead atoms. The molecule has 0 fully saturated rings. The topological polar surface area (TPSA) is 23.1 Å². The summed E-state index contributed by atoms with van der Waals surface area (Å²) < 4.78 is 12.0. The summed E-state index contributed by atoms with van der Waals surface area (Å²) in [5, 5.41) is 0. The maximum absolute atomic E-state index is 11.4. The number of benzene rings is 1. The van der Waals surface area contributed by atoms with Crippen LogP contribution in [0.5, 0.6) is 0 Å². The average molecular weight is 158 g/mol. The summed E-state index contributed by atoms with van der Waals surface area (Å²) in [5.74, 6) is 0. The molecule has 0 N–H and O–H groups in total. The molecule has 0 aromatic heterocycles. The van der Waals surface area contributed by atoms with E-state index in [-0.39, 0.29) is 0 Å². The van der Waals surface area contributed by atoms with E-state index in [1.807, 2.05) is 30.3 Å². The van der Waals surface area contributed by atoms with E-state index in [4.69, 9.17) is 0 Å². The molecular weight excluding hydrogens is 151 g/mol. The predicted octanol–water partition coefficient (Wildman–Crippen LogP) is 1.43. The molecule has 1 rings (SSSR count). The molecule has 0 heterocycles. The minimum atomic E-state index is -1.03. The van der Waals surface area contributed by atoms with E-state index < -0.39 is 11.2 Å². The van der Waals surface area contributed by atoms with Crippen LogP contribution in [-0.4, -0.2) is 22.3 Å². The maximum atomic E-state index is 11.4. The first-order valence-corrected chi connectivity index (χ1v) is 4.49. The van der Waals surface area contributed by atoms with Crippen LogP contribution < -0.4 is 0 Å². The van der Waals surface area contributed by atoms with Crippen molar-refractivity contribution in [1.82, 2.24) is 0 Å². The molecule has 11 heavy (non-hydrogen) atoms. The van der Waals surface area contributed by atoms with Gasteiger partial charge in [0.15, 0.2) is 0 Å². The Morgan fingerprint density at radius 1 is 1.36 bits per heavy atom. The van der Waals surface area contributed by atoms with Crippen molar-refractivity contribution in [3.63, 3.8) is 0 Å². The van der Waals surface area contributed by atoms with E-state index >= 15 is 0 Å². The number of hydrogen-bond acceptors (Lipinski definition) is 1. The summed E-state index contributed by atoms with van der Waals surface area (Å²) in [6.07, 6.45) is 0. The van der Waals surface area contributed by atoms with Crippen LogP contribution in [0.4, 0.5) is 0 Å². The van der Waals surface area contributed by atoms with Crippen LogP contribution in [0.2, 0.25) is 0 Å². The monoisotopic (exact) mass is 158 g/mol. The van der Waals surface area contributed by atoms with Gasteiger partial charge in [0.05, 0.1) is 0 Å². The molecule has 1 aromatic carbocycles. The second-order valence-corrected chi connectivity index (χ2v) is 3.99. The first-order valence-electron chi connectivity index (χ1n) is 3.34. The quantitative estimate of drug-likeness (QED) is 0.471. The van der Waals surface area contributed by atoms with Crippen molar-refractivity contribution in [2.45, 2.75) is 4.90 Å². The molecule has 3 heteroatoms.